The van der Waals surface area contributed by atoms with E-state index in [1.165, 1.54) is 61.3 Å². The number of aromatic amines is 1. The number of aromatic nitrogens is 1. The van der Waals surface area contributed by atoms with E-state index in [2.05, 4.69) is 118 Å². The molecule has 7 aliphatic rings. The van der Waals surface area contributed by atoms with E-state index in [9.17, 15) is 24.0 Å². The number of thioether (sulfide) groups is 3. The maximum absolute atomic E-state index is 12.8. The number of nitrogens with one attached hydrogen (secondary N) is 1. The monoisotopic (exact) mass is 1540 g/mol. The number of morpholine rings is 3. The van der Waals surface area contributed by atoms with Crippen LogP contribution in [0.2, 0.25) is 0 Å². The first-order valence-electron chi connectivity index (χ1n) is 34.5. The van der Waals surface area contributed by atoms with Gasteiger partial charge in [0.25, 0.3) is 11.8 Å². The predicted molar refractivity (Wildman–Crippen MR) is 434 cm³/mol. The number of ketones is 2. The van der Waals surface area contributed by atoms with Crippen LogP contribution in [-0.2, 0) is 55.8 Å². The SMILES string of the molecule is CN1/C(=C2\Cc3ccccc3C2=O)Sc2ccccc21.CN1C(=O)C(=C2Sc3ccc(C(C)(C)C)cc3S2)C(=O)N(C)C1=S.COC(=O)CO/N=C(/c1ccc(CS)cc1)C(C)(C)N1CCOCC1.O=C(c1ccc(N2CCOCC2)cc1)c1ccc(N2CCOCC2)cc1.S=c1[nH]c2ccccc2s1. The van der Waals surface area contributed by atoms with E-state index >= 15 is 0 Å². The van der Waals surface area contributed by atoms with E-state index in [1.807, 2.05) is 134 Å². The number of carbonyl (C=O) groups excluding carboxylic acids is 5. The van der Waals surface area contributed by atoms with Crippen LogP contribution in [0.1, 0.15) is 83.2 Å². The molecule has 0 unspecified atom stereocenters. The molecule has 4 fully saturated rings. The Labute approximate surface area is 646 Å². The number of amides is 2. The number of oxime groups is 1. The number of nitrogens with zero attached hydrogens (tertiary/aromatic N) is 7. The molecule has 6 aliphatic heterocycles. The molecule has 0 bridgehead atoms. The fraction of sp³-hybridized carbons (Fsp3) is 0.325. The lowest BCUT2D eigenvalue weighted by atomic mass is 9.87. The second kappa shape index (κ2) is 35.7. The number of hydrogen-bond donors (Lipinski definition) is 2. The highest BCUT2D eigenvalue weighted by Crippen LogP contribution is 2.54. The molecular weight excluding hydrogens is 1460 g/mol. The summed E-state index contributed by atoms with van der Waals surface area (Å²) in [7, 11) is 6.56. The number of likely N-dealkylation sites (N-methyl/N-ethyl adjacent to an activating group) is 2. The molecule has 25 heteroatoms. The lowest BCUT2D eigenvalue weighted by Crippen LogP contribution is -2.54. The van der Waals surface area contributed by atoms with Gasteiger partial charge in [0.05, 0.1) is 77.5 Å². The molecule has 18 nitrogen and oxygen atoms in total. The molecule has 1 N–H and O–H groups in total. The number of Topliss-reactive ketones (excluding diaryl/α,β-unsaturated/α-hetero) is 1. The molecule has 0 spiro atoms. The topological polar surface area (TPSA) is 179 Å². The summed E-state index contributed by atoms with van der Waals surface area (Å²) in [5.41, 5.74) is 13.0. The Morgan fingerprint density at radius 3 is 1.71 bits per heavy atom. The van der Waals surface area contributed by atoms with Crippen molar-refractivity contribution in [2.75, 3.05) is 128 Å². The molecule has 4 saturated heterocycles. The first-order chi connectivity index (χ1) is 50.5. The number of H-pyrrole nitrogens is 1. The molecule has 0 atom stereocenters. The van der Waals surface area contributed by atoms with Crippen molar-refractivity contribution in [3.63, 3.8) is 0 Å². The van der Waals surface area contributed by atoms with Crippen molar-refractivity contribution < 1.29 is 47.8 Å². The molecule has 1 aromatic heterocycles. The Morgan fingerprint density at radius 2 is 1.15 bits per heavy atom. The summed E-state index contributed by atoms with van der Waals surface area (Å²) in [6.45, 7) is 20.1. The maximum Gasteiger partial charge on any atom is 0.346 e. The number of benzene rings is 7. The molecule has 1 aliphatic carbocycles. The Bertz CT molecular complexity index is 4520. The highest BCUT2D eigenvalue weighted by Gasteiger charge is 2.41. The minimum absolute atomic E-state index is 0.0548. The summed E-state index contributed by atoms with van der Waals surface area (Å²) in [6, 6.07) is 54.5. The zero-order valence-electron chi connectivity index (χ0n) is 60.3. The first kappa shape index (κ1) is 78.2. The summed E-state index contributed by atoms with van der Waals surface area (Å²) < 4.78 is 23.6. The largest absolute Gasteiger partial charge is 0.466 e. The summed E-state index contributed by atoms with van der Waals surface area (Å²) in [6.07, 6.45) is 0.746. The van der Waals surface area contributed by atoms with E-state index in [4.69, 9.17) is 43.5 Å². The van der Waals surface area contributed by atoms with Crippen molar-refractivity contribution in [3.8, 4) is 0 Å². The predicted octanol–water partition coefficient (Wildman–Crippen LogP) is 15.2. The van der Waals surface area contributed by atoms with Crippen molar-refractivity contribution in [1.29, 1.82) is 0 Å². The number of allylic oxidation sites excluding steroid dienone is 1. The number of ether oxygens (including phenoxy) is 4. The maximum atomic E-state index is 12.8. The van der Waals surface area contributed by atoms with Crippen molar-refractivity contribution in [3.05, 3.63) is 227 Å². The average molecular weight is 1540 g/mol. The van der Waals surface area contributed by atoms with Gasteiger partial charge in [0, 0.05) is 126 Å². The average Bonchev–Trinajstić information content (AvgIpc) is 1.59. The van der Waals surface area contributed by atoms with Crippen molar-refractivity contribution in [1.82, 2.24) is 19.7 Å². The third kappa shape index (κ3) is 18.9. The number of rotatable bonds is 11. The number of anilines is 3. The fourth-order valence-electron chi connectivity index (χ4n) is 12.4. The Kier molecular flexibility index (Phi) is 26.5. The number of hydrogen-bond acceptors (Lipinski definition) is 22. The number of thiazole rings is 1. The first-order valence-corrected chi connectivity index (χ1v) is 39.2. The molecule has 8 aromatic rings. The lowest BCUT2D eigenvalue weighted by Gasteiger charge is -2.41. The van der Waals surface area contributed by atoms with Crippen LogP contribution in [0.5, 0.6) is 0 Å². The standard InChI is InChI=1S/C21H24N2O3.C18H26N2O4S.C17H18N2O2S3.C17H13NOS.C7H5NS2/c24-21(17-1-5-19(6-2-17)22-9-13-25-14-10-22)18-3-7-20(8-4-18)23-11-15-26-16-12-23;1-18(2,20-8-10-23-11-9-20)17(19-24-12-16(21)22-3)15-6-4-14(13-25)5-7-15;1-17(2,3)9-6-7-10-11(8-9)24-15(23-10)12-13(20)18(4)16(22)19(5)14(12)21;1-18-14-8-4-5-9-15(14)20-17(18)13-10-11-6-2-3-7-12(11)16(13)19;9-7-8-5-3-1-2-4-6(5)10-7/h1-8H,9-16H2;4-7,25H,8-13H2,1-3H3;6-8H,1-5H3;2-9H,10H2,1H3;1-4H,(H,8,9)/b;19-17-;;17-13-;. The van der Waals surface area contributed by atoms with Gasteiger partial charge in [0.1, 0.15) is 11.3 Å². The summed E-state index contributed by atoms with van der Waals surface area (Å²) in [5.74, 6) is -0.199. The van der Waals surface area contributed by atoms with Crippen LogP contribution < -0.4 is 14.7 Å². The van der Waals surface area contributed by atoms with Gasteiger partial charge in [-0.1, -0.05) is 140 Å². The second-order valence-corrected chi connectivity index (χ2v) is 32.6. The Morgan fingerprint density at radius 1 is 0.610 bits per heavy atom. The van der Waals surface area contributed by atoms with E-state index in [-0.39, 0.29) is 51.6 Å². The number of carbonyl (C=O) groups is 5. The quantitative estimate of drug-likeness (QED) is 0.0182. The van der Waals surface area contributed by atoms with Crippen molar-refractivity contribution in [2.45, 2.75) is 72.4 Å². The number of esters is 1. The Hall–Kier alpha value is -7.92. The Balaban J connectivity index is 0.000000134. The molecule has 15 rings (SSSR count). The van der Waals surface area contributed by atoms with E-state index in [0.717, 1.165) is 157 Å². The van der Waals surface area contributed by atoms with E-state index < -0.39 is 5.97 Å². The van der Waals surface area contributed by atoms with Crippen LogP contribution in [0, 0.1) is 3.95 Å². The van der Waals surface area contributed by atoms with Crippen LogP contribution in [0.3, 0.4) is 0 Å². The second-order valence-electron chi connectivity index (χ2n) is 26.8. The molecule has 0 radical (unpaired) electrons. The highest BCUT2D eigenvalue weighted by atomic mass is 32.2. The van der Waals surface area contributed by atoms with E-state index in [0.29, 0.717) is 19.0 Å². The van der Waals surface area contributed by atoms with Gasteiger partial charge < -0.3 is 43.5 Å². The molecule has 105 heavy (non-hydrogen) atoms. The van der Waals surface area contributed by atoms with Gasteiger partial charge in [0.15, 0.2) is 20.6 Å². The van der Waals surface area contributed by atoms with Gasteiger partial charge in [-0.05, 0) is 145 Å². The van der Waals surface area contributed by atoms with Gasteiger partial charge in [-0.2, -0.15) is 12.6 Å². The molecular formula is C80H86N8O10S7. The van der Waals surface area contributed by atoms with Crippen LogP contribution in [0.15, 0.2) is 204 Å². The van der Waals surface area contributed by atoms with Gasteiger partial charge >= 0.3 is 5.97 Å². The van der Waals surface area contributed by atoms with Crippen LogP contribution in [0.4, 0.5) is 17.1 Å². The van der Waals surface area contributed by atoms with Crippen LogP contribution >= 0.6 is 83.7 Å². The highest BCUT2D eigenvalue weighted by molar-refractivity contribution is 8.24. The van der Waals surface area contributed by atoms with Gasteiger partial charge in [-0.3, -0.25) is 33.9 Å². The zero-order chi connectivity index (χ0) is 74.5. The zero-order valence-corrected chi connectivity index (χ0v) is 66.1. The summed E-state index contributed by atoms with van der Waals surface area (Å²) in [5, 5.41) is 5.61. The number of thiocarbonyl (C=S) groups is 1. The molecule has 7 heterocycles. The lowest BCUT2D eigenvalue weighted by molar-refractivity contribution is -0.146. The third-order valence-corrected chi connectivity index (χ3v) is 24.6. The third-order valence-electron chi connectivity index (χ3n) is 18.6. The number of fused-ring (bicyclic) bond motifs is 4. The van der Waals surface area contributed by atoms with Gasteiger partial charge in [-0.25, -0.2) is 4.79 Å². The molecule has 7 aromatic carbocycles. The van der Waals surface area contributed by atoms with Gasteiger partial charge in [-0.15, -0.1) is 11.3 Å². The summed E-state index contributed by atoms with van der Waals surface area (Å²) >= 11 is 20.7. The minimum atomic E-state index is -0.460. The van der Waals surface area contributed by atoms with E-state index in [1.54, 1.807) is 37.2 Å². The summed E-state index contributed by atoms with van der Waals surface area (Å²) in [4.78, 5) is 85.3. The number of thiol groups is 1. The normalized spacial score (nSPS) is 17.5. The van der Waals surface area contributed by atoms with Gasteiger partial charge in [0.2, 0.25) is 6.61 Å². The molecule has 548 valence electrons. The number of methoxy groups -OCH3 is 1. The molecule has 2 amide bonds. The smallest absolute Gasteiger partial charge is 0.346 e. The van der Waals surface area contributed by atoms with Crippen LogP contribution in [0.25, 0.3) is 10.2 Å². The van der Waals surface area contributed by atoms with Crippen molar-refractivity contribution >= 4 is 151 Å². The van der Waals surface area contributed by atoms with Crippen LogP contribution in [-0.4, -0.2) is 179 Å². The van der Waals surface area contributed by atoms with Crippen molar-refractivity contribution in [2.24, 2.45) is 5.16 Å². The number of para-hydroxylation sites is 2. The fourth-order valence-corrected chi connectivity index (χ4v) is 17.7. The molecule has 0 saturated carbocycles. The minimum Gasteiger partial charge on any atom is -0.466 e.